The largest absolute Gasteiger partial charge is 0.350 e. The average molecular weight is 425 g/mol. The first-order valence-electron chi connectivity index (χ1n) is 10.2. The Labute approximate surface area is 175 Å². The molecule has 1 amide bonds. The number of H-pyrrole nitrogens is 1. The van der Waals surface area contributed by atoms with Gasteiger partial charge in [0.2, 0.25) is 10.0 Å². The molecule has 1 aliphatic carbocycles. The first-order chi connectivity index (χ1) is 14.5. The maximum absolute atomic E-state index is 12.8. The monoisotopic (exact) mass is 424 g/mol. The summed E-state index contributed by atoms with van der Waals surface area (Å²) in [7, 11) is -3.42. The van der Waals surface area contributed by atoms with E-state index < -0.39 is 10.0 Å². The molecule has 2 aromatic heterocycles. The summed E-state index contributed by atoms with van der Waals surface area (Å²) in [5, 5.41) is 3.95. The molecule has 2 N–H and O–H groups in total. The minimum atomic E-state index is -3.42. The third-order valence-corrected chi connectivity index (χ3v) is 8.55. The van der Waals surface area contributed by atoms with Crippen LogP contribution in [0.15, 0.2) is 59.8 Å². The topological polar surface area (TPSA) is 95.2 Å². The van der Waals surface area contributed by atoms with Crippen molar-refractivity contribution < 1.29 is 13.2 Å². The summed E-state index contributed by atoms with van der Waals surface area (Å²) in [4.78, 5) is 20.1. The van der Waals surface area contributed by atoms with Crippen LogP contribution in [0.3, 0.4) is 0 Å². The molecular weight excluding hydrogens is 400 g/mol. The molecule has 1 aromatic carbocycles. The Morgan fingerprint density at radius 1 is 1.20 bits per heavy atom. The summed E-state index contributed by atoms with van der Waals surface area (Å²) in [6.07, 6.45) is 6.16. The van der Waals surface area contributed by atoms with E-state index in [2.05, 4.69) is 15.3 Å². The van der Waals surface area contributed by atoms with Gasteiger partial charge in [0.05, 0.1) is 4.90 Å². The Balaban J connectivity index is 1.16. The third-order valence-electron chi connectivity index (χ3n) is 6.63. The van der Waals surface area contributed by atoms with Crippen molar-refractivity contribution in [2.24, 2.45) is 11.3 Å². The van der Waals surface area contributed by atoms with Gasteiger partial charge in [-0.3, -0.25) is 9.78 Å². The van der Waals surface area contributed by atoms with Crippen LogP contribution in [0.2, 0.25) is 0 Å². The Morgan fingerprint density at radius 3 is 2.70 bits per heavy atom. The van der Waals surface area contributed by atoms with Crippen molar-refractivity contribution in [1.82, 2.24) is 19.6 Å². The quantitative estimate of drug-likeness (QED) is 0.658. The number of piperidine rings is 1. The first kappa shape index (κ1) is 19.3. The number of aromatic nitrogens is 2. The number of carbonyl (C=O) groups excluding carboxylic acids is 1. The first-order valence-corrected chi connectivity index (χ1v) is 11.7. The molecule has 156 valence electrons. The van der Waals surface area contributed by atoms with Crippen molar-refractivity contribution in [3.63, 3.8) is 0 Å². The normalized spacial score (nSPS) is 21.0. The molecule has 30 heavy (non-hydrogen) atoms. The van der Waals surface area contributed by atoms with E-state index in [1.165, 1.54) is 0 Å². The van der Waals surface area contributed by atoms with Gasteiger partial charge >= 0.3 is 0 Å². The van der Waals surface area contributed by atoms with Gasteiger partial charge in [-0.25, -0.2) is 8.42 Å². The Bertz CT molecular complexity index is 1150. The number of benzene rings is 1. The third kappa shape index (κ3) is 3.40. The molecule has 3 heterocycles. The lowest BCUT2D eigenvalue weighted by Gasteiger charge is -2.32. The van der Waals surface area contributed by atoms with E-state index in [-0.39, 0.29) is 11.3 Å². The predicted octanol–water partition coefficient (Wildman–Crippen LogP) is 2.78. The summed E-state index contributed by atoms with van der Waals surface area (Å²) in [6, 6.07) is 12.3. The number of pyridine rings is 1. The second-order valence-corrected chi connectivity index (χ2v) is 10.3. The van der Waals surface area contributed by atoms with E-state index in [1.54, 1.807) is 41.0 Å². The zero-order chi connectivity index (χ0) is 20.8. The van der Waals surface area contributed by atoms with Crippen LogP contribution in [-0.2, 0) is 10.0 Å². The van der Waals surface area contributed by atoms with Crippen LogP contribution in [0.5, 0.6) is 0 Å². The number of sulfonamides is 1. The molecule has 2 fully saturated rings. The van der Waals surface area contributed by atoms with Gasteiger partial charge in [-0.2, -0.15) is 4.31 Å². The second kappa shape index (κ2) is 7.21. The molecule has 0 radical (unpaired) electrons. The predicted molar refractivity (Wildman–Crippen MR) is 113 cm³/mol. The maximum atomic E-state index is 12.8. The summed E-state index contributed by atoms with van der Waals surface area (Å²) < 4.78 is 27.2. The summed E-state index contributed by atoms with van der Waals surface area (Å²) in [5.41, 5.74) is 1.60. The fourth-order valence-electron chi connectivity index (χ4n) is 4.65. The molecule has 0 bridgehead atoms. The number of hydrogen-bond donors (Lipinski definition) is 2. The van der Waals surface area contributed by atoms with E-state index in [0.29, 0.717) is 36.1 Å². The molecule has 1 atom stereocenters. The van der Waals surface area contributed by atoms with Gasteiger partial charge < -0.3 is 10.3 Å². The average Bonchev–Trinajstić information content (AvgIpc) is 3.24. The number of nitrogens with one attached hydrogen (secondary N) is 2. The van der Waals surface area contributed by atoms with Crippen molar-refractivity contribution >= 4 is 26.8 Å². The van der Waals surface area contributed by atoms with Crippen LogP contribution in [-0.4, -0.2) is 48.2 Å². The molecule has 3 aromatic rings. The van der Waals surface area contributed by atoms with Crippen LogP contribution in [0.1, 0.15) is 29.8 Å². The smallest absolute Gasteiger partial charge is 0.267 e. The standard InChI is InChI=1S/C22H24N4O3S/c27-21(20-12-16-14-23-9-6-19(16)25-20)24-15-17-13-22(17)7-10-26(11-8-22)30(28,29)18-4-2-1-3-5-18/h1-6,9,12,14,17,25H,7-8,10-11,13,15H2,(H,24,27). The van der Waals surface area contributed by atoms with Crippen molar-refractivity contribution in [2.45, 2.75) is 24.2 Å². The molecule has 2 aliphatic rings. The van der Waals surface area contributed by atoms with Gasteiger partial charge in [0, 0.05) is 42.9 Å². The second-order valence-electron chi connectivity index (χ2n) is 8.34. The van der Waals surface area contributed by atoms with Crippen LogP contribution < -0.4 is 5.32 Å². The lowest BCUT2D eigenvalue weighted by molar-refractivity contribution is 0.0944. The van der Waals surface area contributed by atoms with Gasteiger partial charge in [-0.1, -0.05) is 18.2 Å². The number of nitrogens with zero attached hydrogens (tertiary/aromatic N) is 2. The van der Waals surface area contributed by atoms with E-state index >= 15 is 0 Å². The number of fused-ring (bicyclic) bond motifs is 1. The van der Waals surface area contributed by atoms with Crippen LogP contribution in [0.4, 0.5) is 0 Å². The van der Waals surface area contributed by atoms with Gasteiger partial charge in [0.1, 0.15) is 5.69 Å². The van der Waals surface area contributed by atoms with Crippen molar-refractivity contribution in [1.29, 1.82) is 0 Å². The van der Waals surface area contributed by atoms with Crippen molar-refractivity contribution in [2.75, 3.05) is 19.6 Å². The van der Waals surface area contributed by atoms with E-state index in [4.69, 9.17) is 0 Å². The maximum Gasteiger partial charge on any atom is 0.267 e. The molecular formula is C22H24N4O3S. The number of carbonyl (C=O) groups is 1. The molecule has 1 spiro atoms. The van der Waals surface area contributed by atoms with E-state index in [1.807, 2.05) is 18.2 Å². The molecule has 8 heteroatoms. The van der Waals surface area contributed by atoms with Gasteiger partial charge in [-0.15, -0.1) is 0 Å². The zero-order valence-corrected chi connectivity index (χ0v) is 17.4. The van der Waals surface area contributed by atoms with Gasteiger partial charge in [0.15, 0.2) is 0 Å². The highest BCUT2D eigenvalue weighted by molar-refractivity contribution is 7.89. The highest BCUT2D eigenvalue weighted by atomic mass is 32.2. The lowest BCUT2D eigenvalue weighted by atomic mass is 9.92. The SMILES string of the molecule is O=C(NCC1CC12CCN(S(=O)(=O)c1ccccc1)CC2)c1cc2cnccc2[nH]1. The fourth-order valence-corrected chi connectivity index (χ4v) is 6.11. The van der Waals surface area contributed by atoms with Gasteiger partial charge in [-0.05, 0) is 54.9 Å². The summed E-state index contributed by atoms with van der Waals surface area (Å²) >= 11 is 0. The number of amides is 1. The molecule has 1 saturated carbocycles. The Kier molecular flexibility index (Phi) is 4.63. The van der Waals surface area contributed by atoms with Crippen LogP contribution in [0, 0.1) is 11.3 Å². The number of hydrogen-bond acceptors (Lipinski definition) is 4. The minimum Gasteiger partial charge on any atom is -0.350 e. The van der Waals surface area contributed by atoms with E-state index in [0.717, 1.165) is 30.2 Å². The zero-order valence-electron chi connectivity index (χ0n) is 16.5. The summed E-state index contributed by atoms with van der Waals surface area (Å²) in [5.74, 6) is 0.298. The number of aromatic amines is 1. The molecule has 5 rings (SSSR count). The Hall–Kier alpha value is -2.71. The van der Waals surface area contributed by atoms with Crippen LogP contribution >= 0.6 is 0 Å². The molecule has 7 nitrogen and oxygen atoms in total. The summed E-state index contributed by atoms with van der Waals surface area (Å²) in [6.45, 7) is 1.70. The number of rotatable bonds is 5. The fraction of sp³-hybridized carbons (Fsp3) is 0.364. The highest BCUT2D eigenvalue weighted by Gasteiger charge is 2.55. The van der Waals surface area contributed by atoms with Crippen LogP contribution in [0.25, 0.3) is 10.9 Å². The lowest BCUT2D eigenvalue weighted by Crippen LogP contribution is -2.40. The van der Waals surface area contributed by atoms with E-state index in [9.17, 15) is 13.2 Å². The van der Waals surface area contributed by atoms with Gasteiger partial charge in [0.25, 0.3) is 5.91 Å². The van der Waals surface area contributed by atoms with Crippen molar-refractivity contribution in [3.8, 4) is 0 Å². The van der Waals surface area contributed by atoms with Crippen molar-refractivity contribution in [3.05, 3.63) is 60.6 Å². The minimum absolute atomic E-state index is 0.114. The molecule has 1 aliphatic heterocycles. The molecule has 1 saturated heterocycles. The molecule has 1 unspecified atom stereocenters. The Morgan fingerprint density at radius 2 is 1.97 bits per heavy atom. The highest BCUT2D eigenvalue weighted by Crippen LogP contribution is 2.59.